The van der Waals surface area contributed by atoms with Crippen molar-refractivity contribution in [2.24, 2.45) is 0 Å². The van der Waals surface area contributed by atoms with Gasteiger partial charge in [-0.05, 0) is 37.1 Å². The van der Waals surface area contributed by atoms with Gasteiger partial charge in [0.2, 0.25) is 0 Å². The fourth-order valence-electron chi connectivity index (χ4n) is 2.07. The number of nitrogens with zero attached hydrogens (tertiary/aromatic N) is 1. The van der Waals surface area contributed by atoms with Gasteiger partial charge in [-0.25, -0.2) is 4.79 Å². The number of aromatic nitrogens is 2. The summed E-state index contributed by atoms with van der Waals surface area (Å²) >= 11 is 0. The first kappa shape index (κ1) is 13.9. The van der Waals surface area contributed by atoms with E-state index in [1.807, 2.05) is 19.9 Å². The third-order valence-corrected chi connectivity index (χ3v) is 3.24. The largest absolute Gasteiger partial charge is 0.493 e. The summed E-state index contributed by atoms with van der Waals surface area (Å²) in [6.07, 6.45) is 0. The molecule has 0 saturated heterocycles. The van der Waals surface area contributed by atoms with E-state index in [9.17, 15) is 4.79 Å². The van der Waals surface area contributed by atoms with Gasteiger partial charge in [0, 0.05) is 5.56 Å². The van der Waals surface area contributed by atoms with Crippen molar-refractivity contribution in [1.29, 1.82) is 0 Å². The van der Waals surface area contributed by atoms with Crippen molar-refractivity contribution in [2.75, 3.05) is 14.2 Å². The number of ether oxygens (including phenoxy) is 2. The van der Waals surface area contributed by atoms with E-state index in [1.54, 1.807) is 14.2 Å². The van der Waals surface area contributed by atoms with E-state index in [-0.39, 0.29) is 5.69 Å². The maximum absolute atomic E-state index is 10.9. The van der Waals surface area contributed by atoms with E-state index in [1.165, 1.54) is 6.07 Å². The molecule has 6 nitrogen and oxygen atoms in total. The Kier molecular flexibility index (Phi) is 3.65. The molecule has 0 unspecified atom stereocenters. The number of carbonyl (C=O) groups is 1. The number of hydrogen-bond acceptors (Lipinski definition) is 4. The molecule has 1 aromatic carbocycles. The van der Waals surface area contributed by atoms with Crippen molar-refractivity contribution >= 4 is 5.97 Å². The number of benzene rings is 1. The van der Waals surface area contributed by atoms with E-state index in [4.69, 9.17) is 14.6 Å². The van der Waals surface area contributed by atoms with Gasteiger partial charge in [-0.2, -0.15) is 5.10 Å². The highest BCUT2D eigenvalue weighted by Crippen LogP contribution is 2.41. The Hall–Kier alpha value is -2.50. The van der Waals surface area contributed by atoms with Crippen molar-refractivity contribution in [1.82, 2.24) is 10.2 Å². The van der Waals surface area contributed by atoms with Gasteiger partial charge < -0.3 is 14.6 Å². The summed E-state index contributed by atoms with van der Waals surface area (Å²) in [6.45, 7) is 3.89. The minimum absolute atomic E-state index is 0.0271. The maximum atomic E-state index is 10.9. The van der Waals surface area contributed by atoms with E-state index in [0.29, 0.717) is 22.8 Å². The molecular formula is C14H16N2O4. The van der Waals surface area contributed by atoms with Crippen LogP contribution in [0.25, 0.3) is 11.3 Å². The second-order valence-corrected chi connectivity index (χ2v) is 4.40. The second-order valence-electron chi connectivity index (χ2n) is 4.40. The summed E-state index contributed by atoms with van der Waals surface area (Å²) in [5, 5.41) is 15.4. The molecule has 1 heterocycles. The zero-order valence-corrected chi connectivity index (χ0v) is 11.8. The molecule has 20 heavy (non-hydrogen) atoms. The second kappa shape index (κ2) is 5.24. The lowest BCUT2D eigenvalue weighted by Crippen LogP contribution is -1.98. The van der Waals surface area contributed by atoms with E-state index in [0.717, 1.165) is 11.1 Å². The smallest absolute Gasteiger partial charge is 0.353 e. The molecular weight excluding hydrogens is 260 g/mol. The number of carboxylic acid groups (broad SMARTS) is 1. The summed E-state index contributed by atoms with van der Waals surface area (Å²) in [5.41, 5.74) is 3.20. The number of rotatable bonds is 4. The molecule has 2 N–H and O–H groups in total. The number of nitrogens with one attached hydrogen (secondary N) is 1. The Morgan fingerprint density at radius 1 is 1.20 bits per heavy atom. The molecule has 2 rings (SSSR count). The number of H-pyrrole nitrogens is 1. The monoisotopic (exact) mass is 276 g/mol. The molecule has 106 valence electrons. The van der Waals surface area contributed by atoms with E-state index in [2.05, 4.69) is 10.2 Å². The Bertz CT molecular complexity index is 661. The molecule has 0 radical (unpaired) electrons. The quantitative estimate of drug-likeness (QED) is 0.895. The molecule has 0 saturated carbocycles. The topological polar surface area (TPSA) is 84.4 Å². The van der Waals surface area contributed by atoms with Crippen molar-refractivity contribution in [2.45, 2.75) is 13.8 Å². The van der Waals surface area contributed by atoms with Crippen LogP contribution >= 0.6 is 0 Å². The van der Waals surface area contributed by atoms with Crippen LogP contribution in [-0.2, 0) is 0 Å². The van der Waals surface area contributed by atoms with Gasteiger partial charge in [0.25, 0.3) is 0 Å². The lowest BCUT2D eigenvalue weighted by molar-refractivity contribution is 0.0690. The third-order valence-electron chi connectivity index (χ3n) is 3.24. The van der Waals surface area contributed by atoms with Crippen LogP contribution in [0.4, 0.5) is 0 Å². The van der Waals surface area contributed by atoms with Crippen LogP contribution < -0.4 is 9.47 Å². The van der Waals surface area contributed by atoms with Crippen LogP contribution in [0.5, 0.6) is 11.5 Å². The molecule has 0 spiro atoms. The van der Waals surface area contributed by atoms with Crippen molar-refractivity contribution in [3.05, 3.63) is 29.0 Å². The van der Waals surface area contributed by atoms with Gasteiger partial charge in [-0.1, -0.05) is 0 Å². The minimum atomic E-state index is -1.06. The fourth-order valence-corrected chi connectivity index (χ4v) is 2.07. The Labute approximate surface area is 116 Å². The summed E-state index contributed by atoms with van der Waals surface area (Å²) in [5.74, 6) is 0.111. The molecule has 0 bridgehead atoms. The Balaban J connectivity index is 2.66. The van der Waals surface area contributed by atoms with E-state index >= 15 is 0 Å². The van der Waals surface area contributed by atoms with Crippen molar-refractivity contribution in [3.63, 3.8) is 0 Å². The lowest BCUT2D eigenvalue weighted by atomic mass is 10.0. The summed E-state index contributed by atoms with van der Waals surface area (Å²) in [7, 11) is 3.11. The SMILES string of the molecule is COc1c(-c2cc(C(=O)O)[nH]n2)cc(C)c(C)c1OC. The van der Waals surface area contributed by atoms with Gasteiger partial charge >= 0.3 is 5.97 Å². The molecule has 2 aromatic rings. The van der Waals surface area contributed by atoms with Gasteiger partial charge in [0.15, 0.2) is 11.5 Å². The molecule has 0 amide bonds. The zero-order chi connectivity index (χ0) is 14.9. The average Bonchev–Trinajstić information content (AvgIpc) is 2.90. The Morgan fingerprint density at radius 2 is 1.85 bits per heavy atom. The summed E-state index contributed by atoms with van der Waals surface area (Å²) in [4.78, 5) is 10.9. The Morgan fingerprint density at radius 3 is 2.35 bits per heavy atom. The third kappa shape index (κ3) is 2.20. The molecule has 0 atom stereocenters. The zero-order valence-electron chi connectivity index (χ0n) is 11.8. The van der Waals surface area contributed by atoms with Crippen LogP contribution in [-0.4, -0.2) is 35.5 Å². The van der Waals surface area contributed by atoms with Crippen LogP contribution in [0.1, 0.15) is 21.6 Å². The standard InChI is InChI=1S/C14H16N2O4/c1-7-5-9(10-6-11(14(17)18)16-15-10)13(20-4)12(19-3)8(7)2/h5-6H,1-4H3,(H,15,16)(H,17,18). The van der Waals surface area contributed by atoms with Crippen molar-refractivity contribution < 1.29 is 19.4 Å². The van der Waals surface area contributed by atoms with Gasteiger partial charge in [-0.3, -0.25) is 5.10 Å². The maximum Gasteiger partial charge on any atom is 0.353 e. The van der Waals surface area contributed by atoms with Crippen molar-refractivity contribution in [3.8, 4) is 22.8 Å². The molecule has 0 aliphatic carbocycles. The first-order valence-corrected chi connectivity index (χ1v) is 6.00. The number of methoxy groups -OCH3 is 2. The van der Waals surface area contributed by atoms with Gasteiger partial charge in [0.05, 0.1) is 19.9 Å². The van der Waals surface area contributed by atoms with Gasteiger partial charge in [0.1, 0.15) is 5.69 Å². The average molecular weight is 276 g/mol. The number of aromatic amines is 1. The number of carboxylic acids is 1. The predicted octanol–water partition coefficient (Wildman–Crippen LogP) is 2.41. The van der Waals surface area contributed by atoms with Crippen LogP contribution in [0, 0.1) is 13.8 Å². The number of aryl methyl sites for hydroxylation is 1. The van der Waals surface area contributed by atoms with Crippen LogP contribution in [0.15, 0.2) is 12.1 Å². The highest BCUT2D eigenvalue weighted by molar-refractivity contribution is 5.87. The highest BCUT2D eigenvalue weighted by Gasteiger charge is 2.19. The molecule has 0 fully saturated rings. The number of hydrogen-bond donors (Lipinski definition) is 2. The molecule has 0 aliphatic rings. The van der Waals surface area contributed by atoms with E-state index < -0.39 is 5.97 Å². The van der Waals surface area contributed by atoms with Crippen LogP contribution in [0.2, 0.25) is 0 Å². The minimum Gasteiger partial charge on any atom is -0.493 e. The molecule has 6 heteroatoms. The van der Waals surface area contributed by atoms with Gasteiger partial charge in [-0.15, -0.1) is 0 Å². The number of aromatic carboxylic acids is 1. The predicted molar refractivity (Wildman–Crippen MR) is 73.6 cm³/mol. The summed E-state index contributed by atoms with van der Waals surface area (Å²) < 4.78 is 10.8. The summed E-state index contributed by atoms with van der Waals surface area (Å²) in [6, 6.07) is 3.37. The van der Waals surface area contributed by atoms with Crippen LogP contribution in [0.3, 0.4) is 0 Å². The first-order chi connectivity index (χ1) is 9.49. The normalized spacial score (nSPS) is 10.4. The first-order valence-electron chi connectivity index (χ1n) is 6.00. The fraction of sp³-hybridized carbons (Fsp3) is 0.286. The molecule has 0 aliphatic heterocycles. The highest BCUT2D eigenvalue weighted by atomic mass is 16.5. The lowest BCUT2D eigenvalue weighted by Gasteiger charge is -2.16. The molecule has 1 aromatic heterocycles.